The molecule has 0 saturated carbocycles. The summed E-state index contributed by atoms with van der Waals surface area (Å²) < 4.78 is 11.1. The zero-order valence-electron chi connectivity index (χ0n) is 10.8. The topological polar surface area (TPSA) is 30.5 Å². The summed E-state index contributed by atoms with van der Waals surface area (Å²) >= 11 is 0. The molecule has 96 valence electrons. The first kappa shape index (κ1) is 13.9. The van der Waals surface area contributed by atoms with Gasteiger partial charge < -0.3 is 14.8 Å². The molecule has 1 N–H and O–H groups in total. The average Bonchev–Trinajstić information content (AvgIpc) is 2.76. The van der Waals surface area contributed by atoms with Crippen molar-refractivity contribution in [1.29, 1.82) is 0 Å². The van der Waals surface area contributed by atoms with Crippen LogP contribution in [0.5, 0.6) is 0 Å². The van der Waals surface area contributed by atoms with E-state index < -0.39 is 0 Å². The van der Waals surface area contributed by atoms with Crippen molar-refractivity contribution in [2.24, 2.45) is 5.92 Å². The van der Waals surface area contributed by atoms with Crippen molar-refractivity contribution in [3.8, 4) is 0 Å². The van der Waals surface area contributed by atoms with Gasteiger partial charge in [-0.05, 0) is 25.2 Å². The fraction of sp³-hybridized carbons (Fsp3) is 1.00. The van der Waals surface area contributed by atoms with Gasteiger partial charge in [0.2, 0.25) is 0 Å². The number of nitrogens with one attached hydrogen (secondary N) is 1. The van der Waals surface area contributed by atoms with Crippen LogP contribution in [0.4, 0.5) is 0 Å². The Balaban J connectivity index is 1.80. The van der Waals surface area contributed by atoms with Gasteiger partial charge in [0.25, 0.3) is 0 Å². The van der Waals surface area contributed by atoms with Crippen LogP contribution in [-0.2, 0) is 9.47 Å². The lowest BCUT2D eigenvalue weighted by molar-refractivity contribution is 0.0910. The maximum Gasteiger partial charge on any atom is 0.0700 e. The van der Waals surface area contributed by atoms with Crippen molar-refractivity contribution >= 4 is 0 Å². The molecule has 3 heteroatoms. The Morgan fingerprint density at radius 1 is 1.50 bits per heavy atom. The van der Waals surface area contributed by atoms with Crippen LogP contribution < -0.4 is 5.32 Å². The molecule has 0 aromatic rings. The largest absolute Gasteiger partial charge is 0.380 e. The highest BCUT2D eigenvalue weighted by atomic mass is 16.5. The van der Waals surface area contributed by atoms with Gasteiger partial charge in [-0.1, -0.05) is 20.3 Å². The highest BCUT2D eigenvalue weighted by molar-refractivity contribution is 4.67. The molecule has 1 saturated heterocycles. The standard InChI is InChI=1S/C13H27NO2/c1-3-5-12(2)11-15-9-7-14-10-13-6-4-8-16-13/h12-14H,3-11H2,1-2H3. The molecule has 0 radical (unpaired) electrons. The van der Waals surface area contributed by atoms with Crippen LogP contribution in [-0.4, -0.2) is 39.0 Å². The SMILES string of the molecule is CCCC(C)COCCNCC1CCCO1. The van der Waals surface area contributed by atoms with E-state index in [2.05, 4.69) is 19.2 Å². The lowest BCUT2D eigenvalue weighted by Gasteiger charge is -2.12. The summed E-state index contributed by atoms with van der Waals surface area (Å²) in [5.74, 6) is 0.697. The summed E-state index contributed by atoms with van der Waals surface area (Å²) in [4.78, 5) is 0. The first-order valence-electron chi connectivity index (χ1n) is 6.73. The second-order valence-corrected chi connectivity index (χ2v) is 4.81. The zero-order chi connectivity index (χ0) is 11.6. The highest BCUT2D eigenvalue weighted by Crippen LogP contribution is 2.10. The van der Waals surface area contributed by atoms with Crippen molar-refractivity contribution in [2.75, 3.05) is 32.9 Å². The Labute approximate surface area is 99.9 Å². The van der Waals surface area contributed by atoms with E-state index in [-0.39, 0.29) is 0 Å². The molecule has 1 fully saturated rings. The Bertz CT molecular complexity index is 158. The third kappa shape index (κ3) is 6.46. The molecule has 0 amide bonds. The maximum absolute atomic E-state index is 5.61. The quantitative estimate of drug-likeness (QED) is 0.615. The van der Waals surface area contributed by atoms with Crippen LogP contribution >= 0.6 is 0 Å². The normalized spacial score (nSPS) is 22.5. The molecule has 2 unspecified atom stereocenters. The number of hydrogen-bond donors (Lipinski definition) is 1. The monoisotopic (exact) mass is 229 g/mol. The predicted molar refractivity (Wildman–Crippen MR) is 66.7 cm³/mol. The van der Waals surface area contributed by atoms with Gasteiger partial charge in [0, 0.05) is 26.3 Å². The summed E-state index contributed by atoms with van der Waals surface area (Å²) in [5.41, 5.74) is 0. The first-order chi connectivity index (χ1) is 7.83. The summed E-state index contributed by atoms with van der Waals surface area (Å²) in [5, 5.41) is 3.38. The number of rotatable bonds is 9. The Morgan fingerprint density at radius 3 is 3.06 bits per heavy atom. The maximum atomic E-state index is 5.61. The second kappa shape index (κ2) is 8.97. The number of ether oxygens (including phenoxy) is 2. The van der Waals surface area contributed by atoms with Crippen molar-refractivity contribution in [3.05, 3.63) is 0 Å². The van der Waals surface area contributed by atoms with Gasteiger partial charge in [-0.3, -0.25) is 0 Å². The van der Waals surface area contributed by atoms with E-state index in [1.54, 1.807) is 0 Å². The van der Waals surface area contributed by atoms with E-state index in [4.69, 9.17) is 9.47 Å². The van der Waals surface area contributed by atoms with E-state index in [0.29, 0.717) is 12.0 Å². The van der Waals surface area contributed by atoms with Gasteiger partial charge in [0.1, 0.15) is 0 Å². The third-order valence-corrected chi connectivity index (χ3v) is 3.00. The summed E-state index contributed by atoms with van der Waals surface area (Å²) in [6, 6.07) is 0. The molecule has 0 aliphatic carbocycles. The fourth-order valence-electron chi connectivity index (χ4n) is 2.07. The summed E-state index contributed by atoms with van der Waals surface area (Å²) in [6.07, 6.45) is 5.39. The van der Waals surface area contributed by atoms with E-state index >= 15 is 0 Å². The third-order valence-electron chi connectivity index (χ3n) is 3.00. The van der Waals surface area contributed by atoms with Crippen LogP contribution in [0.1, 0.15) is 39.5 Å². The molecule has 0 aromatic heterocycles. The molecule has 1 aliphatic heterocycles. The molecule has 2 atom stereocenters. The highest BCUT2D eigenvalue weighted by Gasteiger charge is 2.14. The van der Waals surface area contributed by atoms with E-state index in [1.807, 2.05) is 0 Å². The molecule has 0 spiro atoms. The minimum Gasteiger partial charge on any atom is -0.380 e. The predicted octanol–water partition coefficient (Wildman–Crippen LogP) is 2.21. The van der Waals surface area contributed by atoms with Gasteiger partial charge in [0.15, 0.2) is 0 Å². The smallest absolute Gasteiger partial charge is 0.0700 e. The van der Waals surface area contributed by atoms with Crippen LogP contribution in [0.3, 0.4) is 0 Å². The van der Waals surface area contributed by atoms with Crippen molar-refractivity contribution in [1.82, 2.24) is 5.32 Å². The zero-order valence-corrected chi connectivity index (χ0v) is 10.8. The molecule has 1 rings (SSSR count). The minimum atomic E-state index is 0.444. The summed E-state index contributed by atoms with van der Waals surface area (Å²) in [6.45, 7) is 9.06. The molecule has 0 bridgehead atoms. The number of hydrogen-bond acceptors (Lipinski definition) is 3. The Morgan fingerprint density at radius 2 is 2.38 bits per heavy atom. The van der Waals surface area contributed by atoms with Crippen molar-refractivity contribution in [3.63, 3.8) is 0 Å². The van der Waals surface area contributed by atoms with E-state index in [1.165, 1.54) is 25.7 Å². The first-order valence-corrected chi connectivity index (χ1v) is 6.73. The molecule has 3 nitrogen and oxygen atoms in total. The van der Waals surface area contributed by atoms with Crippen molar-refractivity contribution in [2.45, 2.75) is 45.6 Å². The van der Waals surface area contributed by atoms with E-state index in [0.717, 1.165) is 32.9 Å². The van der Waals surface area contributed by atoms with Gasteiger partial charge >= 0.3 is 0 Å². The minimum absolute atomic E-state index is 0.444. The van der Waals surface area contributed by atoms with Crippen LogP contribution in [0.2, 0.25) is 0 Å². The molecule has 0 aromatic carbocycles. The second-order valence-electron chi connectivity index (χ2n) is 4.81. The lowest BCUT2D eigenvalue weighted by atomic mass is 10.1. The van der Waals surface area contributed by atoms with E-state index in [9.17, 15) is 0 Å². The van der Waals surface area contributed by atoms with Gasteiger partial charge in [0.05, 0.1) is 12.7 Å². The van der Waals surface area contributed by atoms with Crippen LogP contribution in [0.15, 0.2) is 0 Å². The molecule has 1 heterocycles. The van der Waals surface area contributed by atoms with Crippen molar-refractivity contribution < 1.29 is 9.47 Å². The molecular formula is C13H27NO2. The lowest BCUT2D eigenvalue weighted by Crippen LogP contribution is -2.29. The molecule has 1 aliphatic rings. The molecule has 16 heavy (non-hydrogen) atoms. The fourth-order valence-corrected chi connectivity index (χ4v) is 2.07. The van der Waals surface area contributed by atoms with Crippen LogP contribution in [0.25, 0.3) is 0 Å². The summed E-state index contributed by atoms with van der Waals surface area (Å²) in [7, 11) is 0. The van der Waals surface area contributed by atoms with Crippen LogP contribution in [0, 0.1) is 5.92 Å². The Hall–Kier alpha value is -0.120. The Kier molecular flexibility index (Phi) is 7.81. The average molecular weight is 229 g/mol. The molecular weight excluding hydrogens is 202 g/mol. The van der Waals surface area contributed by atoms with Gasteiger partial charge in [-0.25, -0.2) is 0 Å². The van der Waals surface area contributed by atoms with Gasteiger partial charge in [-0.2, -0.15) is 0 Å². The van der Waals surface area contributed by atoms with Gasteiger partial charge in [-0.15, -0.1) is 0 Å².